The van der Waals surface area contributed by atoms with Crippen molar-refractivity contribution < 1.29 is 18.7 Å². The van der Waals surface area contributed by atoms with Gasteiger partial charge in [0.1, 0.15) is 5.52 Å². The van der Waals surface area contributed by atoms with Crippen LogP contribution < -0.4 is 5.32 Å². The number of hydrogen-bond acceptors (Lipinski definition) is 5. The van der Waals surface area contributed by atoms with Gasteiger partial charge in [-0.15, -0.1) is 0 Å². The molecule has 3 aromatic rings. The van der Waals surface area contributed by atoms with Gasteiger partial charge in [0.2, 0.25) is 0 Å². The van der Waals surface area contributed by atoms with Crippen LogP contribution in [0.3, 0.4) is 0 Å². The molecule has 0 bridgehead atoms. The number of benzene rings is 2. The summed E-state index contributed by atoms with van der Waals surface area (Å²) in [5, 5.41) is 3.27. The Labute approximate surface area is 161 Å². The number of para-hydroxylation sites is 2. The van der Waals surface area contributed by atoms with Gasteiger partial charge in [-0.05, 0) is 43.7 Å². The number of nitrogens with zero attached hydrogens (tertiary/aromatic N) is 1. The highest BCUT2D eigenvalue weighted by atomic mass is 35.5. The SMILES string of the molecule is Cc1c(Cl)cccc1NC(=O)[C@H](C)OC(=O)CCc1nc2ccccc2o1. The molecule has 2 aromatic carbocycles. The van der Waals surface area contributed by atoms with Crippen molar-refractivity contribution in [1.82, 2.24) is 4.98 Å². The van der Waals surface area contributed by atoms with E-state index < -0.39 is 18.0 Å². The van der Waals surface area contributed by atoms with Crippen LogP contribution in [0.5, 0.6) is 0 Å². The minimum Gasteiger partial charge on any atom is -0.453 e. The average molecular weight is 387 g/mol. The fourth-order valence-electron chi connectivity index (χ4n) is 2.52. The van der Waals surface area contributed by atoms with Gasteiger partial charge in [-0.2, -0.15) is 0 Å². The number of nitrogens with one attached hydrogen (secondary N) is 1. The number of aryl methyl sites for hydroxylation is 1. The molecule has 3 rings (SSSR count). The number of fused-ring (bicyclic) bond motifs is 1. The number of anilines is 1. The summed E-state index contributed by atoms with van der Waals surface area (Å²) in [6, 6.07) is 12.6. The van der Waals surface area contributed by atoms with Crippen LogP contribution in [0.25, 0.3) is 11.1 Å². The van der Waals surface area contributed by atoms with Crippen LogP contribution in [0.4, 0.5) is 5.69 Å². The van der Waals surface area contributed by atoms with Gasteiger partial charge in [0, 0.05) is 17.1 Å². The predicted molar refractivity (Wildman–Crippen MR) is 103 cm³/mol. The summed E-state index contributed by atoms with van der Waals surface area (Å²) < 4.78 is 10.8. The van der Waals surface area contributed by atoms with E-state index in [9.17, 15) is 9.59 Å². The number of rotatable bonds is 6. The number of halogens is 1. The second-order valence-electron chi connectivity index (χ2n) is 6.11. The zero-order valence-corrected chi connectivity index (χ0v) is 15.7. The summed E-state index contributed by atoms with van der Waals surface area (Å²) in [5.74, 6) is -0.460. The Morgan fingerprint density at radius 2 is 2.00 bits per heavy atom. The first-order valence-corrected chi connectivity index (χ1v) is 8.91. The largest absolute Gasteiger partial charge is 0.453 e. The van der Waals surface area contributed by atoms with Crippen LogP contribution >= 0.6 is 11.6 Å². The lowest BCUT2D eigenvalue weighted by atomic mass is 10.2. The third-order valence-electron chi connectivity index (χ3n) is 4.08. The van der Waals surface area contributed by atoms with Gasteiger partial charge in [-0.1, -0.05) is 29.8 Å². The Morgan fingerprint density at radius 3 is 2.78 bits per heavy atom. The van der Waals surface area contributed by atoms with Crippen LogP contribution in [-0.4, -0.2) is 23.0 Å². The van der Waals surface area contributed by atoms with Crippen molar-refractivity contribution in [2.75, 3.05) is 5.32 Å². The third kappa shape index (κ3) is 4.65. The Kier molecular flexibility index (Phi) is 5.76. The molecule has 0 fully saturated rings. The molecule has 0 saturated carbocycles. The number of carbonyl (C=O) groups excluding carboxylic acids is 2. The molecule has 1 atom stereocenters. The standard InChI is InChI=1S/C20H19ClN2O4/c1-12-14(21)6-5-8-15(12)23-20(25)13(2)26-19(24)11-10-18-22-16-7-3-4-9-17(16)27-18/h3-9,13H,10-11H2,1-2H3,(H,23,25)/t13-/m0/s1. The summed E-state index contributed by atoms with van der Waals surface area (Å²) in [4.78, 5) is 28.6. The molecule has 140 valence electrons. The van der Waals surface area contributed by atoms with Crippen LogP contribution in [-0.2, 0) is 20.7 Å². The highest BCUT2D eigenvalue weighted by Gasteiger charge is 2.19. The normalized spacial score (nSPS) is 12.0. The summed E-state index contributed by atoms with van der Waals surface area (Å²) in [6.07, 6.45) is -0.560. The molecule has 0 spiro atoms. The quantitative estimate of drug-likeness (QED) is 0.639. The van der Waals surface area contributed by atoms with Crippen LogP contribution in [0.1, 0.15) is 24.8 Å². The molecule has 6 nitrogen and oxygen atoms in total. The van der Waals surface area contributed by atoms with Crippen LogP contribution in [0.15, 0.2) is 46.9 Å². The van der Waals surface area contributed by atoms with Gasteiger partial charge >= 0.3 is 5.97 Å². The molecule has 1 amide bonds. The van der Waals surface area contributed by atoms with E-state index in [1.54, 1.807) is 25.1 Å². The smallest absolute Gasteiger partial charge is 0.307 e. The molecular weight excluding hydrogens is 368 g/mol. The first kappa shape index (κ1) is 18.9. The first-order valence-electron chi connectivity index (χ1n) is 8.54. The molecule has 0 saturated heterocycles. The van der Waals surface area contributed by atoms with Gasteiger partial charge < -0.3 is 14.5 Å². The molecule has 27 heavy (non-hydrogen) atoms. The molecule has 0 aliphatic carbocycles. The summed E-state index contributed by atoms with van der Waals surface area (Å²) >= 11 is 6.04. The number of esters is 1. The highest BCUT2D eigenvalue weighted by molar-refractivity contribution is 6.31. The second-order valence-corrected chi connectivity index (χ2v) is 6.52. The van der Waals surface area contributed by atoms with Gasteiger partial charge in [-0.25, -0.2) is 4.98 Å². The van der Waals surface area contributed by atoms with Crippen molar-refractivity contribution in [3.63, 3.8) is 0 Å². The van der Waals surface area contributed by atoms with E-state index in [1.165, 1.54) is 6.92 Å². The Bertz CT molecular complexity index is 950. The minimum atomic E-state index is -0.931. The number of carbonyl (C=O) groups is 2. The van der Waals surface area contributed by atoms with Crippen LogP contribution in [0, 0.1) is 6.92 Å². The maximum Gasteiger partial charge on any atom is 0.307 e. The van der Waals surface area contributed by atoms with E-state index in [0.29, 0.717) is 28.6 Å². The van der Waals surface area contributed by atoms with Gasteiger partial charge in [-0.3, -0.25) is 9.59 Å². The van der Waals surface area contributed by atoms with E-state index >= 15 is 0 Å². The maximum absolute atomic E-state index is 12.2. The molecule has 1 aromatic heterocycles. The number of hydrogen-bond donors (Lipinski definition) is 1. The zero-order valence-electron chi connectivity index (χ0n) is 15.0. The average Bonchev–Trinajstić information content (AvgIpc) is 3.06. The number of ether oxygens (including phenoxy) is 1. The number of amides is 1. The third-order valence-corrected chi connectivity index (χ3v) is 4.49. The maximum atomic E-state index is 12.2. The lowest BCUT2D eigenvalue weighted by Crippen LogP contribution is -2.30. The van der Waals surface area contributed by atoms with Crippen LogP contribution in [0.2, 0.25) is 5.02 Å². The topological polar surface area (TPSA) is 81.4 Å². The predicted octanol–water partition coefficient (Wildman–Crippen LogP) is 4.29. The molecule has 0 aliphatic heterocycles. The summed E-state index contributed by atoms with van der Waals surface area (Å²) in [6.45, 7) is 3.32. The van der Waals surface area contributed by atoms with Crippen molar-refractivity contribution in [2.24, 2.45) is 0 Å². The van der Waals surface area contributed by atoms with E-state index in [0.717, 1.165) is 11.1 Å². The molecule has 0 radical (unpaired) electrons. The van der Waals surface area contributed by atoms with E-state index in [-0.39, 0.29) is 6.42 Å². The van der Waals surface area contributed by atoms with E-state index in [2.05, 4.69) is 10.3 Å². The molecule has 0 unspecified atom stereocenters. The van der Waals surface area contributed by atoms with Crippen molar-refractivity contribution in [1.29, 1.82) is 0 Å². The van der Waals surface area contributed by atoms with Crippen molar-refractivity contribution in [3.05, 3.63) is 58.9 Å². The lowest BCUT2D eigenvalue weighted by molar-refractivity contribution is -0.153. The fourth-order valence-corrected chi connectivity index (χ4v) is 2.70. The van der Waals surface area contributed by atoms with E-state index in [1.807, 2.05) is 24.3 Å². The Morgan fingerprint density at radius 1 is 1.22 bits per heavy atom. The Balaban J connectivity index is 1.52. The zero-order chi connectivity index (χ0) is 19.4. The van der Waals surface area contributed by atoms with Gasteiger partial charge in [0.15, 0.2) is 17.6 Å². The van der Waals surface area contributed by atoms with Crippen molar-refractivity contribution in [3.8, 4) is 0 Å². The number of oxazole rings is 1. The first-order chi connectivity index (χ1) is 12.9. The molecule has 1 N–H and O–H groups in total. The summed E-state index contributed by atoms with van der Waals surface area (Å²) in [7, 11) is 0. The molecular formula is C20H19ClN2O4. The molecule has 7 heteroatoms. The molecule has 0 aliphatic rings. The fraction of sp³-hybridized carbons (Fsp3) is 0.250. The summed E-state index contributed by atoms with van der Waals surface area (Å²) in [5.41, 5.74) is 2.75. The Hall–Kier alpha value is -2.86. The van der Waals surface area contributed by atoms with Crippen molar-refractivity contribution in [2.45, 2.75) is 32.8 Å². The minimum absolute atomic E-state index is 0.0701. The highest BCUT2D eigenvalue weighted by Crippen LogP contribution is 2.23. The number of aromatic nitrogens is 1. The monoisotopic (exact) mass is 386 g/mol. The van der Waals surface area contributed by atoms with E-state index in [4.69, 9.17) is 20.8 Å². The molecule has 1 heterocycles. The van der Waals surface area contributed by atoms with Gasteiger partial charge in [0.05, 0.1) is 6.42 Å². The van der Waals surface area contributed by atoms with Gasteiger partial charge in [0.25, 0.3) is 5.91 Å². The van der Waals surface area contributed by atoms with Crippen molar-refractivity contribution >= 4 is 40.3 Å². The lowest BCUT2D eigenvalue weighted by Gasteiger charge is -2.15. The second kappa shape index (κ2) is 8.22.